The summed E-state index contributed by atoms with van der Waals surface area (Å²) in [5.74, 6) is 7.86. The zero-order valence-electron chi connectivity index (χ0n) is 91.6. The molecular formula is C115H226F2N6O11. The van der Waals surface area contributed by atoms with Crippen LogP contribution >= 0.6 is 0 Å². The Morgan fingerprint density at radius 3 is 0.948 bits per heavy atom. The molecule has 4 aromatic rings. The maximum Gasteiger partial charge on any atom is 0.585 e. The summed E-state index contributed by atoms with van der Waals surface area (Å²) in [6.07, 6.45) is 1.17. The fourth-order valence-electron chi connectivity index (χ4n) is 14.8. The van der Waals surface area contributed by atoms with E-state index >= 15 is 0 Å². The van der Waals surface area contributed by atoms with Gasteiger partial charge in [-0.15, -0.1) is 13.9 Å². The molecule has 0 atom stereocenters. The minimum Gasteiger partial charge on any atom is -0.497 e. The number of nitrogens with zero attached hydrogens (tertiary/aromatic N) is 4. The van der Waals surface area contributed by atoms with Crippen molar-refractivity contribution in [2.45, 2.75) is 530 Å². The summed E-state index contributed by atoms with van der Waals surface area (Å²) in [6.45, 7) is 126. The van der Waals surface area contributed by atoms with Gasteiger partial charge in [0, 0.05) is 120 Å². The number of rotatable bonds is 0. The SMILES string of the molecule is C.C.C.C.C.C.C.C.C.CC(C)(C)C1=C(C(C)(C)C)C(C)(C)CO1.CC(C)(C)C1=C(C(C)(C)C)OC(F)(F)O1.CC(C)(C)C1=C(C(C)(C)C)OCC1.CC(C)(C)C1=C(C(C)(C)C)OCO1.CC(C)(C)c1[nH]c(=O)oc1C(C)(C)C.CC(C)(C)c1ccoc1C(C)(C)C.CC(C)(C)c1nc[nH]c1C(C)(C)C.CC1(C)OC(C(C)(C)C)=C(C(C)(C)C)O1.Cn1nnc(C(C)(C)C)c1C(C)(C)C. The summed E-state index contributed by atoms with van der Waals surface area (Å²) >= 11 is 0. The largest absolute Gasteiger partial charge is 0.585 e. The van der Waals surface area contributed by atoms with E-state index < -0.39 is 22.9 Å². The smallest absolute Gasteiger partial charge is 0.497 e. The van der Waals surface area contributed by atoms with E-state index in [0.717, 1.165) is 65.6 Å². The van der Waals surface area contributed by atoms with E-state index in [2.05, 4.69) is 366 Å². The van der Waals surface area contributed by atoms with Crippen molar-refractivity contribution in [2.24, 2.45) is 66.6 Å². The lowest BCUT2D eigenvalue weighted by molar-refractivity contribution is -0.342. The Hall–Kier alpha value is -6.40. The maximum atomic E-state index is 13.0. The normalized spacial score (nSPS) is 16.3. The molecule has 0 radical (unpaired) electrons. The number of aryl methyl sites for hydroxylation is 1. The van der Waals surface area contributed by atoms with Crippen LogP contribution in [0.5, 0.6) is 0 Å². The third kappa shape index (κ3) is 44.0. The molecule has 0 aromatic carbocycles. The molecule has 0 spiro atoms. The monoisotopic (exact) mass is 1910 g/mol. The quantitative estimate of drug-likeness (QED) is 0.169. The van der Waals surface area contributed by atoms with Crippen molar-refractivity contribution in [1.82, 2.24) is 29.9 Å². The number of halogens is 2. The molecule has 0 aliphatic carbocycles. The lowest BCUT2D eigenvalue weighted by Gasteiger charge is -2.33. The molecule has 5 aliphatic rings. The van der Waals surface area contributed by atoms with Crippen molar-refractivity contribution >= 4 is 0 Å². The van der Waals surface area contributed by atoms with Crippen LogP contribution in [0.15, 0.2) is 89.5 Å². The Bertz CT molecular complexity index is 3980. The minimum atomic E-state index is -3.52. The molecule has 9 heterocycles. The first-order chi connectivity index (χ1) is 54.5. The number of H-pyrrole nitrogens is 2. The summed E-state index contributed by atoms with van der Waals surface area (Å²) in [6, 6.07) is 2.08. The van der Waals surface area contributed by atoms with Crippen LogP contribution in [0.3, 0.4) is 0 Å². The van der Waals surface area contributed by atoms with E-state index in [1.54, 1.807) is 12.6 Å². The zero-order valence-corrected chi connectivity index (χ0v) is 91.6. The van der Waals surface area contributed by atoms with Gasteiger partial charge in [-0.2, -0.15) is 0 Å². The standard InChI is InChI=1S/C14H26O.C13H24O2.C12H22O.C12H20O.C11H18F2O2.C11H21N3.C11H20N2.C11H19NO2.C11H20O2.9CH4/c1-12(2,3)10-11(13(4,5)6)15-9-14(10,7)8;1-11(2,3)9-10(12(4,5)6)15-13(7,8)14-9;2*1-11(2,3)9-7-8-13-10(9)12(4,5)6;1-9(2,3)7-8(10(4,5)6)15-11(12,13)14-7;1-10(2,3)8-9(11(4,5)6)14(7)13-12-8;1-10(2,3)8-9(11(4,5)6)13-7-12-8;1-10(2,3)7-8(11(4,5)6)14-9(13)12-7;1-10(2,3)8-9(11(4,5)6)13-7-12-8;;;;;;;;;/h9H2,1-8H3;1-8H3;7-8H2,1-6H3;7-8H,1-6H3;1-6H3;1-7H3;7H,1-6H3,(H,12,13);1-6H3,(H,12,13);7H2,1-6H3;9*1H4. The average molecular weight is 1910 g/mol. The van der Waals surface area contributed by atoms with E-state index in [1.807, 2.05) is 87.9 Å². The number of ether oxygens (including phenoxy) is 8. The topological polar surface area (TPSA) is 192 Å². The highest BCUT2D eigenvalue weighted by Gasteiger charge is 2.52. The molecule has 17 nitrogen and oxygen atoms in total. The second-order valence-corrected chi connectivity index (χ2v) is 54.4. The third-order valence-electron chi connectivity index (χ3n) is 20.2. The van der Waals surface area contributed by atoms with Gasteiger partial charge in [-0.25, -0.2) is 9.78 Å². The second-order valence-electron chi connectivity index (χ2n) is 54.4. The van der Waals surface area contributed by atoms with Crippen molar-refractivity contribution in [3.63, 3.8) is 0 Å². The van der Waals surface area contributed by atoms with Gasteiger partial charge in [-0.1, -0.05) is 460 Å². The van der Waals surface area contributed by atoms with E-state index in [0.29, 0.717) is 6.79 Å². The molecular weight excluding hydrogens is 1680 g/mol. The summed E-state index contributed by atoms with van der Waals surface area (Å²) in [4.78, 5) is 21.6. The fraction of sp³-hybridized carbons (Fsp3) is 0.809. The van der Waals surface area contributed by atoms with Crippen LogP contribution in [0.25, 0.3) is 0 Å². The van der Waals surface area contributed by atoms with Gasteiger partial charge in [0.05, 0.1) is 48.6 Å². The van der Waals surface area contributed by atoms with Crippen LogP contribution in [0.1, 0.15) is 520 Å². The van der Waals surface area contributed by atoms with Crippen molar-refractivity contribution in [3.8, 4) is 0 Å². The summed E-state index contributed by atoms with van der Waals surface area (Å²) < 4.78 is 82.4. The van der Waals surface area contributed by atoms with Gasteiger partial charge in [-0.3, -0.25) is 9.67 Å². The molecule has 0 amide bonds. The summed E-state index contributed by atoms with van der Waals surface area (Å²) in [5, 5.41) is 8.38. The lowest BCUT2D eigenvalue weighted by Crippen LogP contribution is -2.26. The van der Waals surface area contributed by atoms with Gasteiger partial charge in [0.2, 0.25) is 12.6 Å². The van der Waals surface area contributed by atoms with Crippen molar-refractivity contribution in [2.75, 3.05) is 20.0 Å². The Morgan fingerprint density at radius 2 is 0.701 bits per heavy atom. The van der Waals surface area contributed by atoms with Crippen LogP contribution in [-0.2, 0) is 88.3 Å². The van der Waals surface area contributed by atoms with Crippen LogP contribution in [0, 0.1) is 59.6 Å². The van der Waals surface area contributed by atoms with Crippen LogP contribution < -0.4 is 5.76 Å². The first-order valence-corrected chi connectivity index (χ1v) is 45.7. The molecule has 796 valence electrons. The minimum absolute atomic E-state index is 0. The number of oxazole rings is 1. The fourth-order valence-corrected chi connectivity index (χ4v) is 14.8. The van der Waals surface area contributed by atoms with Gasteiger partial charge >= 0.3 is 12.1 Å². The van der Waals surface area contributed by atoms with Crippen LogP contribution in [-0.4, -0.2) is 62.0 Å². The predicted octanol–water partition coefficient (Wildman–Crippen LogP) is 37.0. The molecule has 0 saturated carbocycles. The second kappa shape index (κ2) is 49.1. The highest BCUT2D eigenvalue weighted by molar-refractivity contribution is 5.33. The number of imidazole rings is 1. The van der Waals surface area contributed by atoms with E-state index in [4.69, 9.17) is 37.3 Å². The average Bonchev–Trinajstić information content (AvgIpc) is 1.61. The summed E-state index contributed by atoms with van der Waals surface area (Å²) in [5.41, 5.74) is 10.5. The molecule has 9 rings (SSSR count). The van der Waals surface area contributed by atoms with Crippen molar-refractivity contribution in [1.29, 1.82) is 0 Å². The zero-order chi connectivity index (χ0) is 99.6. The Balaban J connectivity index is -0.000000186. The van der Waals surface area contributed by atoms with Gasteiger partial charge in [0.1, 0.15) is 46.1 Å². The maximum absolute atomic E-state index is 13.0. The first kappa shape index (κ1) is 145. The summed E-state index contributed by atoms with van der Waals surface area (Å²) in [7, 11) is 1.96. The highest BCUT2D eigenvalue weighted by atomic mass is 19.3. The molecule has 2 N–H and O–H groups in total. The number of alkyl halides is 2. The highest BCUT2D eigenvalue weighted by Crippen LogP contribution is 2.53. The Morgan fingerprint density at radius 1 is 0.358 bits per heavy atom. The number of furan rings is 1. The number of hydrogen-bond donors (Lipinski definition) is 2. The third-order valence-corrected chi connectivity index (χ3v) is 20.2. The number of hydrogen-bond acceptors (Lipinski definition) is 14. The molecule has 0 unspecified atom stereocenters. The number of nitrogens with one attached hydrogen (secondary N) is 2. The Labute approximate surface area is 829 Å². The van der Waals surface area contributed by atoms with Crippen molar-refractivity contribution in [3.05, 3.63) is 132 Å². The molecule has 19 heteroatoms. The van der Waals surface area contributed by atoms with E-state index in [9.17, 15) is 13.6 Å². The Kier molecular flexibility index (Phi) is 53.3. The molecule has 134 heavy (non-hydrogen) atoms. The van der Waals surface area contributed by atoms with Crippen LogP contribution in [0.4, 0.5) is 8.78 Å². The number of allylic oxidation sites excluding steroid dienone is 8. The van der Waals surface area contributed by atoms with E-state index in [-0.39, 0.29) is 176 Å². The van der Waals surface area contributed by atoms with E-state index in [1.165, 1.54) is 45.3 Å². The van der Waals surface area contributed by atoms with Crippen LogP contribution in [0.2, 0.25) is 0 Å². The number of aromatic amines is 2. The molecule has 4 aromatic heterocycles. The van der Waals surface area contributed by atoms with Gasteiger partial charge in [0.25, 0.3) is 0 Å². The molecule has 0 fully saturated rings. The van der Waals surface area contributed by atoms with Gasteiger partial charge in [-0.05, 0) is 39.0 Å². The number of aromatic nitrogens is 6. The van der Waals surface area contributed by atoms with Gasteiger partial charge < -0.3 is 51.7 Å². The predicted molar refractivity (Wildman–Crippen MR) is 578 cm³/mol. The van der Waals surface area contributed by atoms with Crippen molar-refractivity contribution < 1.29 is 55.5 Å². The molecule has 0 saturated heterocycles. The molecule has 5 aliphatic heterocycles. The molecule has 0 bridgehead atoms. The van der Waals surface area contributed by atoms with Gasteiger partial charge in [0.15, 0.2) is 11.5 Å². The first-order valence-electron chi connectivity index (χ1n) is 45.7. The lowest BCUT2D eigenvalue weighted by atomic mass is 9.69.